The number of phenolic OH excluding ortho intramolecular Hbond substituents is 1. The number of carbonyl (C=O) groups excluding carboxylic acids is 2. The van der Waals surface area contributed by atoms with E-state index in [1.54, 1.807) is 9.80 Å². The van der Waals surface area contributed by atoms with Gasteiger partial charge in [0.1, 0.15) is 35.4 Å². The van der Waals surface area contributed by atoms with E-state index in [2.05, 4.69) is 11.6 Å². The van der Waals surface area contributed by atoms with Crippen molar-refractivity contribution in [2.75, 3.05) is 36.0 Å². The number of carbonyl (C=O) groups is 2. The number of hydrogen-bond donors (Lipinski definition) is 1. The number of hydrogen-bond acceptors (Lipinski definition) is 6. The number of fused-ring (bicyclic) bond motifs is 4. The molecule has 1 N–H and O–H groups in total. The maximum atomic E-state index is 16.1. The van der Waals surface area contributed by atoms with Gasteiger partial charge in [-0.15, -0.1) is 0 Å². The smallest absolute Gasteiger partial charge is 0.251 e. The van der Waals surface area contributed by atoms with E-state index in [4.69, 9.17) is 16.3 Å². The predicted molar refractivity (Wildman–Crippen MR) is 134 cm³/mol. The van der Waals surface area contributed by atoms with Gasteiger partial charge in [0.05, 0.1) is 29.4 Å². The summed E-state index contributed by atoms with van der Waals surface area (Å²) in [5.74, 6) is -2.66. The Balaban J connectivity index is 1.62. The van der Waals surface area contributed by atoms with Crippen molar-refractivity contribution in [3.8, 4) is 22.8 Å². The highest BCUT2D eigenvalue weighted by Crippen LogP contribution is 2.51. The molecule has 3 aromatic rings. The highest BCUT2D eigenvalue weighted by molar-refractivity contribution is 6.35. The quantitative estimate of drug-likeness (QED) is 0.510. The third-order valence-electron chi connectivity index (χ3n) is 7.19. The topological polar surface area (TPSA) is 86.2 Å². The monoisotopic (exact) mass is 526 g/mol. The van der Waals surface area contributed by atoms with Gasteiger partial charge < -0.3 is 24.5 Å². The van der Waals surface area contributed by atoms with Gasteiger partial charge in [0.2, 0.25) is 11.8 Å². The number of anilines is 2. The van der Waals surface area contributed by atoms with Gasteiger partial charge in [-0.05, 0) is 31.2 Å². The van der Waals surface area contributed by atoms with Gasteiger partial charge >= 0.3 is 0 Å². The molecule has 3 aliphatic rings. The number of rotatable bonds is 2. The average Bonchev–Trinajstić information content (AvgIpc) is 2.87. The van der Waals surface area contributed by atoms with Crippen LogP contribution in [0.5, 0.6) is 11.6 Å². The molecule has 3 aliphatic heterocycles. The van der Waals surface area contributed by atoms with Crippen LogP contribution in [0.4, 0.5) is 20.2 Å². The predicted octanol–water partition coefficient (Wildman–Crippen LogP) is 3.87. The highest BCUT2D eigenvalue weighted by atomic mass is 35.5. The van der Waals surface area contributed by atoms with Crippen LogP contribution in [0.15, 0.2) is 36.9 Å². The zero-order chi connectivity index (χ0) is 26.2. The van der Waals surface area contributed by atoms with Crippen molar-refractivity contribution in [2.24, 2.45) is 0 Å². The van der Waals surface area contributed by atoms with E-state index in [0.717, 1.165) is 6.07 Å². The molecule has 6 rings (SSSR count). The summed E-state index contributed by atoms with van der Waals surface area (Å²) in [5.41, 5.74) is 0.0822. The largest absolute Gasteiger partial charge is 0.507 e. The number of nitrogens with zero attached hydrogens (tertiary/aromatic N) is 4. The first kappa shape index (κ1) is 23.5. The number of benzene rings is 2. The van der Waals surface area contributed by atoms with E-state index in [1.165, 1.54) is 24.3 Å². The van der Waals surface area contributed by atoms with Crippen molar-refractivity contribution >= 4 is 45.7 Å². The lowest BCUT2D eigenvalue weighted by molar-refractivity contribution is -0.130. The first-order valence-corrected chi connectivity index (χ1v) is 12.1. The summed E-state index contributed by atoms with van der Waals surface area (Å²) in [6, 6.07) is 4.11. The number of amides is 2. The second-order valence-electron chi connectivity index (χ2n) is 9.24. The maximum Gasteiger partial charge on any atom is 0.251 e. The molecule has 1 fully saturated rings. The van der Waals surface area contributed by atoms with Crippen LogP contribution in [-0.4, -0.2) is 65.1 Å². The van der Waals surface area contributed by atoms with Crippen molar-refractivity contribution in [2.45, 2.75) is 19.0 Å². The van der Waals surface area contributed by atoms with Crippen molar-refractivity contribution in [3.63, 3.8) is 0 Å². The molecule has 8 nitrogen and oxygen atoms in total. The van der Waals surface area contributed by atoms with Crippen LogP contribution >= 0.6 is 11.6 Å². The summed E-state index contributed by atoms with van der Waals surface area (Å²) >= 11 is 6.53. The number of aromatic nitrogens is 1. The molecule has 11 heteroatoms. The summed E-state index contributed by atoms with van der Waals surface area (Å²) in [6.45, 7) is 6.23. The normalized spacial score (nSPS) is 20.4. The van der Waals surface area contributed by atoms with Gasteiger partial charge in [-0.1, -0.05) is 24.2 Å². The maximum absolute atomic E-state index is 16.1. The van der Waals surface area contributed by atoms with Crippen molar-refractivity contribution < 1.29 is 28.2 Å². The molecule has 0 saturated carbocycles. The molecule has 0 aliphatic carbocycles. The summed E-state index contributed by atoms with van der Waals surface area (Å²) in [4.78, 5) is 35.4. The van der Waals surface area contributed by atoms with Crippen LogP contribution in [-0.2, 0) is 9.59 Å². The van der Waals surface area contributed by atoms with E-state index >= 15 is 4.39 Å². The Bertz CT molecular complexity index is 1510. The zero-order valence-corrected chi connectivity index (χ0v) is 20.4. The van der Waals surface area contributed by atoms with Gasteiger partial charge in [0, 0.05) is 23.5 Å². The third kappa shape index (κ3) is 3.28. The van der Waals surface area contributed by atoms with Gasteiger partial charge in [-0.3, -0.25) is 9.59 Å². The van der Waals surface area contributed by atoms with Gasteiger partial charge in [0.25, 0.3) is 5.91 Å². The minimum absolute atomic E-state index is 0.0720. The molecule has 37 heavy (non-hydrogen) atoms. The fourth-order valence-corrected chi connectivity index (χ4v) is 5.80. The molecule has 2 amide bonds. The van der Waals surface area contributed by atoms with Gasteiger partial charge in [0.15, 0.2) is 5.82 Å². The minimum Gasteiger partial charge on any atom is -0.507 e. The van der Waals surface area contributed by atoms with Crippen LogP contribution in [0, 0.1) is 11.6 Å². The average molecular weight is 527 g/mol. The Hall–Kier alpha value is -3.92. The Morgan fingerprint density at radius 1 is 1.27 bits per heavy atom. The number of piperazine rings is 1. The molecule has 0 radical (unpaired) electrons. The number of phenols is 1. The van der Waals surface area contributed by atoms with Crippen LogP contribution < -0.4 is 14.5 Å². The number of aromatic hydroxyl groups is 1. The van der Waals surface area contributed by atoms with Crippen LogP contribution in [0.3, 0.4) is 0 Å². The fourth-order valence-electron chi connectivity index (χ4n) is 5.51. The molecule has 1 saturated heterocycles. The standard InChI is InChI=1S/C26H21ClF2N4O4/c1-3-18(35)32-11-16-26(36)31-7-8-37-25-24(31)23(33(16)10-12(32)2)13-9-14(27)19(21(29)22(13)30-25)20-15(28)5-4-6-17(20)34/h3-6,9,12,16,34H,1,7-8,10-11H2,2H3/t12-,16-/m1/s1. The van der Waals surface area contributed by atoms with Crippen molar-refractivity contribution in [1.82, 2.24) is 9.88 Å². The Morgan fingerprint density at radius 3 is 2.78 bits per heavy atom. The highest BCUT2D eigenvalue weighted by Gasteiger charge is 2.48. The zero-order valence-electron chi connectivity index (χ0n) is 19.7. The summed E-state index contributed by atoms with van der Waals surface area (Å²) < 4.78 is 36.6. The van der Waals surface area contributed by atoms with E-state index in [9.17, 15) is 19.1 Å². The lowest BCUT2D eigenvalue weighted by atomic mass is 9.95. The Kier molecular flexibility index (Phi) is 5.27. The lowest BCUT2D eigenvalue weighted by Gasteiger charge is -2.51. The van der Waals surface area contributed by atoms with Crippen LogP contribution in [0.1, 0.15) is 6.92 Å². The summed E-state index contributed by atoms with van der Waals surface area (Å²) in [6.07, 6.45) is 1.22. The Labute approximate surface area is 215 Å². The molecule has 0 bridgehead atoms. The minimum atomic E-state index is -0.926. The number of halogens is 3. The molecular formula is C26H21ClF2N4O4. The molecule has 0 spiro atoms. The third-order valence-corrected chi connectivity index (χ3v) is 7.49. The van der Waals surface area contributed by atoms with E-state index in [1.807, 2.05) is 11.8 Å². The lowest BCUT2D eigenvalue weighted by Crippen LogP contribution is -2.66. The SMILES string of the molecule is C=CC(=O)N1C[C@@H]2C(=O)N3CCOc4nc5c(F)c(-c6c(O)cccc6F)c(Cl)cc5c(c43)N2C[C@H]1C. The second-order valence-corrected chi connectivity index (χ2v) is 9.65. The van der Waals surface area contributed by atoms with Crippen molar-refractivity contribution in [3.05, 3.63) is 53.6 Å². The van der Waals surface area contributed by atoms with Crippen LogP contribution in [0.25, 0.3) is 22.0 Å². The summed E-state index contributed by atoms with van der Waals surface area (Å²) in [7, 11) is 0. The van der Waals surface area contributed by atoms with E-state index in [-0.39, 0.29) is 71.6 Å². The molecular weight excluding hydrogens is 506 g/mol. The van der Waals surface area contributed by atoms with E-state index in [0.29, 0.717) is 16.8 Å². The van der Waals surface area contributed by atoms with Gasteiger partial charge in [-0.2, -0.15) is 0 Å². The molecule has 2 aromatic carbocycles. The Morgan fingerprint density at radius 2 is 2.05 bits per heavy atom. The first-order valence-electron chi connectivity index (χ1n) is 11.7. The van der Waals surface area contributed by atoms with Gasteiger partial charge in [-0.25, -0.2) is 13.8 Å². The van der Waals surface area contributed by atoms with E-state index < -0.39 is 23.4 Å². The number of pyridine rings is 1. The molecule has 1 aromatic heterocycles. The molecule has 0 unspecified atom stereocenters. The first-order chi connectivity index (χ1) is 17.7. The second kappa shape index (κ2) is 8.31. The molecule has 2 atom stereocenters. The number of ether oxygens (including phenoxy) is 1. The molecule has 190 valence electrons. The van der Waals surface area contributed by atoms with Crippen molar-refractivity contribution in [1.29, 1.82) is 0 Å². The summed E-state index contributed by atoms with van der Waals surface area (Å²) in [5, 5.41) is 10.5. The fraction of sp³-hybridized carbons (Fsp3) is 0.269. The molecule has 4 heterocycles. The van der Waals surface area contributed by atoms with Crippen LogP contribution in [0.2, 0.25) is 5.02 Å².